The predicted molar refractivity (Wildman–Crippen MR) is 126 cm³/mol. The van der Waals surface area contributed by atoms with E-state index in [2.05, 4.69) is 5.32 Å². The molecule has 0 aliphatic rings. The molecule has 0 fully saturated rings. The van der Waals surface area contributed by atoms with Gasteiger partial charge in [-0.3, -0.25) is 9.59 Å². The average Bonchev–Trinajstić information content (AvgIpc) is 2.78. The molecule has 174 valence electrons. The Bertz CT molecular complexity index is 998. The van der Waals surface area contributed by atoms with Gasteiger partial charge >= 0.3 is 0 Å². The van der Waals surface area contributed by atoms with E-state index < -0.39 is 22.0 Å². The molecule has 1 N–H and O–H groups in total. The third kappa shape index (κ3) is 7.05. The second kappa shape index (κ2) is 12.0. The monoisotopic (exact) mass is 479 g/mol. The van der Waals surface area contributed by atoms with E-state index in [1.807, 2.05) is 37.3 Å². The fourth-order valence-corrected chi connectivity index (χ4v) is 4.37. The molecule has 0 heterocycles. The molecule has 0 saturated heterocycles. The number of carbonyl (C=O) groups excluding carboxylic acids is 2. The summed E-state index contributed by atoms with van der Waals surface area (Å²) in [6.07, 6.45) is 1.32. The number of halogens is 1. The molecule has 0 saturated carbocycles. The summed E-state index contributed by atoms with van der Waals surface area (Å²) in [6, 6.07) is 14.6. The normalized spacial score (nSPS) is 12.4. The number of likely N-dealkylation sites (N-methyl/N-ethyl adjacent to an activating group) is 1. The first kappa shape index (κ1) is 25.8. The van der Waals surface area contributed by atoms with Crippen molar-refractivity contribution in [3.8, 4) is 0 Å². The minimum Gasteiger partial charge on any atom is -0.354 e. The van der Waals surface area contributed by atoms with Gasteiger partial charge in [0.15, 0.2) is 0 Å². The minimum atomic E-state index is -3.88. The van der Waals surface area contributed by atoms with Crippen molar-refractivity contribution in [2.45, 2.75) is 37.6 Å². The zero-order chi connectivity index (χ0) is 23.7. The maximum absolute atomic E-state index is 13.1. The van der Waals surface area contributed by atoms with Crippen LogP contribution in [-0.4, -0.2) is 62.2 Å². The summed E-state index contributed by atoms with van der Waals surface area (Å²) < 4.78 is 26.7. The number of rotatable bonds is 11. The number of benzene rings is 2. The molecule has 2 rings (SSSR count). The molecular formula is C23H30ClN3O4S. The molecule has 0 unspecified atom stereocenters. The second-order valence-electron chi connectivity index (χ2n) is 7.50. The summed E-state index contributed by atoms with van der Waals surface area (Å²) in [6.45, 7) is 4.01. The number of amides is 2. The zero-order valence-electron chi connectivity index (χ0n) is 18.6. The molecule has 2 amide bonds. The Morgan fingerprint density at radius 1 is 1.06 bits per heavy atom. The molecule has 9 heteroatoms. The van der Waals surface area contributed by atoms with E-state index in [9.17, 15) is 18.0 Å². The maximum Gasteiger partial charge on any atom is 0.243 e. The van der Waals surface area contributed by atoms with E-state index in [0.29, 0.717) is 24.5 Å². The lowest BCUT2D eigenvalue weighted by Gasteiger charge is -2.30. The van der Waals surface area contributed by atoms with Crippen molar-refractivity contribution in [3.05, 3.63) is 65.2 Å². The minimum absolute atomic E-state index is 0.0433. The topological polar surface area (TPSA) is 86.8 Å². The molecular weight excluding hydrogens is 450 g/mol. The van der Waals surface area contributed by atoms with Gasteiger partial charge in [0.1, 0.15) is 6.04 Å². The van der Waals surface area contributed by atoms with Crippen LogP contribution in [0, 0.1) is 0 Å². The highest BCUT2D eigenvalue weighted by Gasteiger charge is 2.29. The van der Waals surface area contributed by atoms with Crippen molar-refractivity contribution >= 4 is 33.4 Å². The Morgan fingerprint density at radius 2 is 1.69 bits per heavy atom. The number of hydrogen-bond acceptors (Lipinski definition) is 4. The molecule has 32 heavy (non-hydrogen) atoms. The van der Waals surface area contributed by atoms with Crippen LogP contribution >= 0.6 is 11.6 Å². The number of nitrogens with one attached hydrogen (secondary N) is 1. The van der Waals surface area contributed by atoms with Gasteiger partial charge in [-0.2, -0.15) is 4.31 Å². The quantitative estimate of drug-likeness (QED) is 0.536. The Kier molecular flexibility index (Phi) is 9.68. The number of hydrogen-bond donors (Lipinski definition) is 1. The van der Waals surface area contributed by atoms with Crippen molar-refractivity contribution in [1.82, 2.24) is 14.5 Å². The largest absolute Gasteiger partial charge is 0.354 e. The fourth-order valence-electron chi connectivity index (χ4n) is 3.12. The van der Waals surface area contributed by atoms with Gasteiger partial charge in [-0.15, -0.1) is 0 Å². The first-order valence-corrected chi connectivity index (χ1v) is 12.3. The standard InChI is InChI=1S/C23H30ClN3O4S/c1-4-15-25-23(29)18(2)27(16-14-19-8-6-5-7-9-19)22(28)17-26(3)32(30,31)21-12-10-20(24)11-13-21/h5-13,18H,4,14-17H2,1-3H3,(H,25,29)/t18-/m1/s1. The van der Waals surface area contributed by atoms with Crippen molar-refractivity contribution in [2.24, 2.45) is 0 Å². The summed E-state index contributed by atoms with van der Waals surface area (Å²) in [5.74, 6) is -0.711. The van der Waals surface area contributed by atoms with Gasteiger partial charge in [0.25, 0.3) is 0 Å². The molecule has 0 bridgehead atoms. The first-order valence-electron chi connectivity index (χ1n) is 10.5. The van der Waals surface area contributed by atoms with Crippen molar-refractivity contribution in [1.29, 1.82) is 0 Å². The van der Waals surface area contributed by atoms with E-state index in [4.69, 9.17) is 11.6 Å². The highest BCUT2D eigenvalue weighted by molar-refractivity contribution is 7.89. The lowest BCUT2D eigenvalue weighted by atomic mass is 10.1. The van der Waals surface area contributed by atoms with Crippen LogP contribution in [-0.2, 0) is 26.0 Å². The van der Waals surface area contributed by atoms with Gasteiger partial charge in [-0.05, 0) is 49.6 Å². The molecule has 0 aliphatic carbocycles. The molecule has 0 aromatic heterocycles. The Balaban J connectivity index is 2.17. The molecule has 1 atom stereocenters. The second-order valence-corrected chi connectivity index (χ2v) is 9.99. The highest BCUT2D eigenvalue weighted by Crippen LogP contribution is 2.18. The summed E-state index contributed by atoms with van der Waals surface area (Å²) in [5.41, 5.74) is 1.02. The van der Waals surface area contributed by atoms with Crippen LogP contribution in [0.4, 0.5) is 0 Å². The Labute approximate surface area is 195 Å². The van der Waals surface area contributed by atoms with Crippen molar-refractivity contribution in [3.63, 3.8) is 0 Å². The van der Waals surface area contributed by atoms with Crippen LogP contribution in [0.25, 0.3) is 0 Å². The SMILES string of the molecule is CCCNC(=O)[C@@H](C)N(CCc1ccccc1)C(=O)CN(C)S(=O)(=O)c1ccc(Cl)cc1. The van der Waals surface area contributed by atoms with E-state index in [-0.39, 0.29) is 17.3 Å². The lowest BCUT2D eigenvalue weighted by Crippen LogP contribution is -2.51. The van der Waals surface area contributed by atoms with E-state index in [0.717, 1.165) is 16.3 Å². The molecule has 7 nitrogen and oxygen atoms in total. The smallest absolute Gasteiger partial charge is 0.243 e. The van der Waals surface area contributed by atoms with Crippen molar-refractivity contribution in [2.75, 3.05) is 26.7 Å². The van der Waals surface area contributed by atoms with E-state index in [1.54, 1.807) is 6.92 Å². The van der Waals surface area contributed by atoms with Crippen LogP contribution in [0.3, 0.4) is 0 Å². The Hall–Kier alpha value is -2.42. The number of nitrogens with zero attached hydrogens (tertiary/aromatic N) is 2. The van der Waals surface area contributed by atoms with Crippen LogP contribution in [0.2, 0.25) is 5.02 Å². The third-order valence-corrected chi connectivity index (χ3v) is 7.15. The van der Waals surface area contributed by atoms with Gasteiger partial charge in [0.2, 0.25) is 21.8 Å². The zero-order valence-corrected chi connectivity index (χ0v) is 20.2. The number of sulfonamides is 1. The molecule has 2 aromatic carbocycles. The first-order chi connectivity index (χ1) is 15.2. The molecule has 2 aromatic rings. The van der Waals surface area contributed by atoms with E-state index >= 15 is 0 Å². The summed E-state index contributed by atoms with van der Waals surface area (Å²) in [7, 11) is -2.54. The van der Waals surface area contributed by atoms with Crippen LogP contribution in [0.1, 0.15) is 25.8 Å². The van der Waals surface area contributed by atoms with Gasteiger partial charge in [0.05, 0.1) is 11.4 Å². The summed E-state index contributed by atoms with van der Waals surface area (Å²) >= 11 is 5.85. The van der Waals surface area contributed by atoms with Gasteiger partial charge in [-0.1, -0.05) is 48.9 Å². The maximum atomic E-state index is 13.1. The van der Waals surface area contributed by atoms with Gasteiger partial charge in [-0.25, -0.2) is 8.42 Å². The lowest BCUT2D eigenvalue weighted by molar-refractivity contribution is -0.139. The van der Waals surface area contributed by atoms with Crippen LogP contribution in [0.5, 0.6) is 0 Å². The predicted octanol–water partition coefficient (Wildman–Crippen LogP) is 2.95. The Morgan fingerprint density at radius 3 is 2.28 bits per heavy atom. The van der Waals surface area contributed by atoms with E-state index in [1.165, 1.54) is 36.2 Å². The highest BCUT2D eigenvalue weighted by atomic mass is 35.5. The number of carbonyl (C=O) groups is 2. The van der Waals surface area contributed by atoms with Crippen molar-refractivity contribution < 1.29 is 18.0 Å². The molecule has 0 spiro atoms. The van der Waals surface area contributed by atoms with Gasteiger partial charge < -0.3 is 10.2 Å². The van der Waals surface area contributed by atoms with Crippen LogP contribution < -0.4 is 5.32 Å². The summed E-state index contributed by atoms with van der Waals surface area (Å²) in [4.78, 5) is 27.2. The van der Waals surface area contributed by atoms with Gasteiger partial charge in [0, 0.05) is 25.2 Å². The molecule has 0 aliphatic heterocycles. The summed E-state index contributed by atoms with van der Waals surface area (Å²) in [5, 5.41) is 3.22. The average molecular weight is 480 g/mol. The molecule has 0 radical (unpaired) electrons. The van der Waals surface area contributed by atoms with Crippen LogP contribution in [0.15, 0.2) is 59.5 Å². The third-order valence-electron chi connectivity index (χ3n) is 5.08. The fraction of sp³-hybridized carbons (Fsp3) is 0.391.